The zero-order valence-corrected chi connectivity index (χ0v) is 14.3. The molecule has 0 saturated heterocycles. The summed E-state index contributed by atoms with van der Waals surface area (Å²) in [5.74, 6) is 1.08. The first-order valence-corrected chi connectivity index (χ1v) is 8.96. The molecule has 2 aromatic heterocycles. The first-order valence-electron chi connectivity index (χ1n) is 8.08. The topological polar surface area (TPSA) is 46.3 Å². The smallest absolute Gasteiger partial charge is 0.254 e. The van der Waals surface area contributed by atoms with Crippen LogP contribution in [0.2, 0.25) is 0 Å². The van der Waals surface area contributed by atoms with Gasteiger partial charge < -0.3 is 9.32 Å². The van der Waals surface area contributed by atoms with E-state index in [1.54, 1.807) is 17.6 Å². The van der Waals surface area contributed by atoms with E-state index in [9.17, 15) is 4.79 Å². The minimum Gasteiger partial charge on any atom is -0.469 e. The molecule has 1 amide bonds. The highest BCUT2D eigenvalue weighted by atomic mass is 32.1. The van der Waals surface area contributed by atoms with E-state index >= 15 is 0 Å². The van der Waals surface area contributed by atoms with Crippen LogP contribution in [0, 0.1) is 6.92 Å². The summed E-state index contributed by atoms with van der Waals surface area (Å²) in [6.07, 6.45) is 3.53. The fraction of sp³-hybridized carbons (Fsp3) is 0.263. The molecule has 0 saturated carbocycles. The van der Waals surface area contributed by atoms with E-state index in [-0.39, 0.29) is 5.91 Å². The lowest BCUT2D eigenvalue weighted by Gasteiger charge is -2.20. The molecule has 1 aliphatic rings. The Bertz CT molecular complexity index is 881. The molecule has 122 valence electrons. The van der Waals surface area contributed by atoms with Gasteiger partial charge in [-0.3, -0.25) is 4.79 Å². The molecule has 0 radical (unpaired) electrons. The Balaban J connectivity index is 1.60. The molecule has 0 fully saturated rings. The van der Waals surface area contributed by atoms with Gasteiger partial charge in [0.2, 0.25) is 0 Å². The molecule has 0 bridgehead atoms. The van der Waals surface area contributed by atoms with Crippen molar-refractivity contribution < 1.29 is 9.21 Å². The number of amides is 1. The molecule has 0 unspecified atom stereocenters. The zero-order valence-electron chi connectivity index (χ0n) is 13.5. The third kappa shape index (κ3) is 2.87. The van der Waals surface area contributed by atoms with Crippen molar-refractivity contribution in [2.45, 2.75) is 26.3 Å². The van der Waals surface area contributed by atoms with Crippen molar-refractivity contribution in [1.82, 2.24) is 9.88 Å². The van der Waals surface area contributed by atoms with Crippen LogP contribution in [0.25, 0.3) is 11.3 Å². The number of benzene rings is 1. The number of carbonyl (C=O) groups is 1. The van der Waals surface area contributed by atoms with Crippen molar-refractivity contribution in [2.75, 3.05) is 6.54 Å². The maximum Gasteiger partial charge on any atom is 0.254 e. The lowest BCUT2D eigenvalue weighted by atomic mass is 10.1. The lowest BCUT2D eigenvalue weighted by Crippen LogP contribution is -2.30. The summed E-state index contributed by atoms with van der Waals surface area (Å²) in [7, 11) is 0. The number of aryl methyl sites for hydroxylation is 2. The van der Waals surface area contributed by atoms with E-state index < -0.39 is 0 Å². The third-order valence-corrected chi connectivity index (χ3v) is 5.12. The maximum absolute atomic E-state index is 13.0. The number of rotatable bonds is 2. The van der Waals surface area contributed by atoms with Gasteiger partial charge in [0, 0.05) is 41.6 Å². The molecule has 5 heteroatoms. The molecule has 3 heterocycles. The Hall–Kier alpha value is -2.40. The van der Waals surface area contributed by atoms with E-state index in [1.807, 2.05) is 47.5 Å². The van der Waals surface area contributed by atoms with Crippen LogP contribution in [0.4, 0.5) is 0 Å². The second-order valence-corrected chi connectivity index (χ2v) is 7.09. The molecule has 3 aromatic rings. The minimum absolute atomic E-state index is 0.0675. The van der Waals surface area contributed by atoms with Crippen molar-refractivity contribution in [1.29, 1.82) is 0 Å². The van der Waals surface area contributed by atoms with Crippen LogP contribution in [0.3, 0.4) is 0 Å². The van der Waals surface area contributed by atoms with E-state index in [1.165, 1.54) is 0 Å². The number of fused-ring (bicyclic) bond motifs is 1. The monoisotopic (exact) mass is 338 g/mol. The number of furan rings is 1. The predicted molar refractivity (Wildman–Crippen MR) is 94.1 cm³/mol. The largest absolute Gasteiger partial charge is 0.469 e. The summed E-state index contributed by atoms with van der Waals surface area (Å²) in [4.78, 5) is 19.4. The van der Waals surface area contributed by atoms with Crippen molar-refractivity contribution in [2.24, 2.45) is 0 Å². The SMILES string of the molecule is Cc1nc(-c2cccc(C(=O)N3CCCc4occc4C3)c2)cs1. The van der Waals surface area contributed by atoms with Gasteiger partial charge in [0.25, 0.3) is 5.91 Å². The summed E-state index contributed by atoms with van der Waals surface area (Å²) < 4.78 is 5.50. The van der Waals surface area contributed by atoms with Gasteiger partial charge in [0.05, 0.1) is 17.0 Å². The molecule has 0 spiro atoms. The molecular weight excluding hydrogens is 320 g/mol. The van der Waals surface area contributed by atoms with Crippen LogP contribution in [-0.4, -0.2) is 22.3 Å². The second kappa shape index (κ2) is 6.24. The fourth-order valence-electron chi connectivity index (χ4n) is 3.11. The van der Waals surface area contributed by atoms with Crippen LogP contribution in [0.1, 0.15) is 33.1 Å². The minimum atomic E-state index is 0.0675. The average molecular weight is 338 g/mol. The van der Waals surface area contributed by atoms with Gasteiger partial charge in [-0.15, -0.1) is 11.3 Å². The van der Waals surface area contributed by atoms with Crippen LogP contribution in [-0.2, 0) is 13.0 Å². The maximum atomic E-state index is 13.0. The van der Waals surface area contributed by atoms with E-state index in [0.717, 1.165) is 47.0 Å². The molecule has 0 N–H and O–H groups in total. The molecule has 24 heavy (non-hydrogen) atoms. The highest BCUT2D eigenvalue weighted by Gasteiger charge is 2.22. The summed E-state index contributed by atoms with van der Waals surface area (Å²) in [5, 5.41) is 3.06. The lowest BCUT2D eigenvalue weighted by molar-refractivity contribution is 0.0746. The van der Waals surface area contributed by atoms with Gasteiger partial charge >= 0.3 is 0 Å². The average Bonchev–Trinajstić information content (AvgIpc) is 3.18. The highest BCUT2D eigenvalue weighted by molar-refractivity contribution is 7.09. The van der Waals surface area contributed by atoms with Crippen LogP contribution >= 0.6 is 11.3 Å². The van der Waals surface area contributed by atoms with Crippen LogP contribution in [0.5, 0.6) is 0 Å². The van der Waals surface area contributed by atoms with Crippen molar-refractivity contribution >= 4 is 17.2 Å². The third-order valence-electron chi connectivity index (χ3n) is 4.34. The molecule has 1 aliphatic heterocycles. The predicted octanol–water partition coefficient (Wildman–Crippen LogP) is 4.30. The highest BCUT2D eigenvalue weighted by Crippen LogP contribution is 2.25. The summed E-state index contributed by atoms with van der Waals surface area (Å²) in [5.41, 5.74) is 3.75. The number of nitrogens with zero attached hydrogens (tertiary/aromatic N) is 2. The summed E-state index contributed by atoms with van der Waals surface area (Å²) in [6.45, 7) is 3.36. The Morgan fingerprint density at radius 1 is 1.33 bits per heavy atom. The second-order valence-electron chi connectivity index (χ2n) is 6.03. The molecule has 4 nitrogen and oxygen atoms in total. The summed E-state index contributed by atoms with van der Waals surface area (Å²) in [6, 6.07) is 9.72. The number of carbonyl (C=O) groups excluding carboxylic acids is 1. The van der Waals surface area contributed by atoms with Gasteiger partial charge in [-0.1, -0.05) is 12.1 Å². The van der Waals surface area contributed by atoms with E-state index in [0.29, 0.717) is 12.1 Å². The molecule has 0 atom stereocenters. The Labute approximate surface area is 144 Å². The zero-order chi connectivity index (χ0) is 16.5. The first kappa shape index (κ1) is 15.1. The molecule has 1 aromatic carbocycles. The van der Waals surface area contributed by atoms with Gasteiger partial charge in [0.15, 0.2) is 0 Å². The van der Waals surface area contributed by atoms with E-state index in [4.69, 9.17) is 4.42 Å². The number of aromatic nitrogens is 1. The van der Waals surface area contributed by atoms with Gasteiger partial charge in [-0.2, -0.15) is 0 Å². The van der Waals surface area contributed by atoms with Gasteiger partial charge in [-0.05, 0) is 31.5 Å². The molecular formula is C19H18N2O2S. The van der Waals surface area contributed by atoms with E-state index in [2.05, 4.69) is 4.98 Å². The molecule has 0 aliphatic carbocycles. The normalized spacial score (nSPS) is 14.3. The Kier molecular flexibility index (Phi) is 3.94. The number of hydrogen-bond acceptors (Lipinski definition) is 4. The number of thiazole rings is 1. The quantitative estimate of drug-likeness (QED) is 0.700. The van der Waals surface area contributed by atoms with Crippen LogP contribution < -0.4 is 0 Å². The van der Waals surface area contributed by atoms with Gasteiger partial charge in [0.1, 0.15) is 5.76 Å². The Morgan fingerprint density at radius 2 is 2.25 bits per heavy atom. The van der Waals surface area contributed by atoms with Gasteiger partial charge in [-0.25, -0.2) is 4.98 Å². The van der Waals surface area contributed by atoms with Crippen molar-refractivity contribution in [3.63, 3.8) is 0 Å². The number of hydrogen-bond donors (Lipinski definition) is 0. The summed E-state index contributed by atoms with van der Waals surface area (Å²) >= 11 is 1.62. The van der Waals surface area contributed by atoms with Crippen molar-refractivity contribution in [3.05, 3.63) is 63.9 Å². The fourth-order valence-corrected chi connectivity index (χ4v) is 3.73. The van der Waals surface area contributed by atoms with Crippen LogP contribution in [0.15, 0.2) is 46.4 Å². The Morgan fingerprint density at radius 3 is 3.08 bits per heavy atom. The molecule has 4 rings (SSSR count). The van der Waals surface area contributed by atoms with Crippen molar-refractivity contribution in [3.8, 4) is 11.3 Å². The first-order chi connectivity index (χ1) is 11.7. The standard InChI is InChI=1S/C19H18N2O2S/c1-13-20-17(12-24-13)14-4-2-5-15(10-14)19(22)21-8-3-6-18-16(11-21)7-9-23-18/h2,4-5,7,9-10,12H,3,6,8,11H2,1H3.